The number of hydrogen-bond donors (Lipinski definition) is 2. The Balaban J connectivity index is 1.87. The number of fused-ring (bicyclic) bond motifs is 1. The van der Waals surface area contributed by atoms with E-state index in [1.165, 1.54) is 25.4 Å². The number of amides is 1. The molecule has 2 aromatic heterocycles. The predicted octanol–water partition coefficient (Wildman–Crippen LogP) is 3.35. The number of esters is 1. The molecule has 0 atom stereocenters. The number of carbonyl (C=O) groups is 2. The molecule has 4 rings (SSSR count). The van der Waals surface area contributed by atoms with Crippen LogP contribution in [0.4, 0.5) is 23.0 Å². The van der Waals surface area contributed by atoms with Gasteiger partial charge in [0.1, 0.15) is 17.0 Å². The minimum atomic E-state index is -0.680. The van der Waals surface area contributed by atoms with Gasteiger partial charge < -0.3 is 30.3 Å². The summed E-state index contributed by atoms with van der Waals surface area (Å²) in [4.78, 5) is 49.7. The van der Waals surface area contributed by atoms with Gasteiger partial charge in [-0.2, -0.15) is 5.10 Å². The Bertz CT molecular complexity index is 1730. The maximum atomic E-state index is 13.2. The van der Waals surface area contributed by atoms with E-state index < -0.39 is 22.9 Å². The standard InChI is InChI=1S/C29H35N9O6/c1-16(2)44-28(40)20-14-31-29(34-26(20)18-10-17(27(30)39)11-22-19(18)15-32-37(22)6)33-21-12-24(38(41)42)23(13-25(21)43-7)36(5)9-8-35(3)4/h10-16H,8-9H2,1-7H3,(H2,30,39)(H,31,33,34). The summed E-state index contributed by atoms with van der Waals surface area (Å²) in [5, 5.41) is 20.0. The van der Waals surface area contributed by atoms with Crippen LogP contribution >= 0.6 is 0 Å². The number of methoxy groups -OCH3 is 1. The summed E-state index contributed by atoms with van der Waals surface area (Å²) < 4.78 is 12.6. The molecule has 232 valence electrons. The second-order valence-corrected chi connectivity index (χ2v) is 10.6. The maximum Gasteiger partial charge on any atom is 0.342 e. The Morgan fingerprint density at radius 3 is 2.48 bits per heavy atom. The Morgan fingerprint density at radius 1 is 1.14 bits per heavy atom. The molecular weight excluding hydrogens is 570 g/mol. The smallest absolute Gasteiger partial charge is 0.342 e. The number of anilines is 3. The molecule has 0 radical (unpaired) electrons. The molecule has 0 aliphatic rings. The molecule has 3 N–H and O–H groups in total. The molecule has 2 heterocycles. The highest BCUT2D eigenvalue weighted by atomic mass is 16.6. The van der Waals surface area contributed by atoms with Crippen LogP contribution in [0.3, 0.4) is 0 Å². The molecule has 0 unspecified atom stereocenters. The minimum absolute atomic E-state index is 0.00363. The van der Waals surface area contributed by atoms with Gasteiger partial charge in [-0.3, -0.25) is 19.6 Å². The lowest BCUT2D eigenvalue weighted by atomic mass is 10.00. The minimum Gasteiger partial charge on any atom is -0.494 e. The van der Waals surface area contributed by atoms with Crippen molar-refractivity contribution in [3.63, 3.8) is 0 Å². The van der Waals surface area contributed by atoms with Crippen LogP contribution in [0.2, 0.25) is 0 Å². The van der Waals surface area contributed by atoms with E-state index in [9.17, 15) is 19.7 Å². The van der Waals surface area contributed by atoms with Crippen molar-refractivity contribution < 1.29 is 24.0 Å². The van der Waals surface area contributed by atoms with Gasteiger partial charge in [0.15, 0.2) is 0 Å². The number of nitrogens with one attached hydrogen (secondary N) is 1. The van der Waals surface area contributed by atoms with E-state index in [0.717, 1.165) is 0 Å². The van der Waals surface area contributed by atoms with Gasteiger partial charge in [-0.25, -0.2) is 14.8 Å². The van der Waals surface area contributed by atoms with Gasteiger partial charge in [0.2, 0.25) is 11.9 Å². The van der Waals surface area contributed by atoms with Crippen molar-refractivity contribution in [3.05, 3.63) is 57.9 Å². The molecule has 1 amide bonds. The van der Waals surface area contributed by atoms with Gasteiger partial charge in [-0.15, -0.1) is 0 Å². The van der Waals surface area contributed by atoms with E-state index in [2.05, 4.69) is 20.4 Å². The molecule has 0 spiro atoms. The van der Waals surface area contributed by atoms with Crippen LogP contribution in [-0.4, -0.2) is 88.9 Å². The highest BCUT2D eigenvalue weighted by Gasteiger charge is 2.25. The number of nitrogens with zero attached hydrogens (tertiary/aromatic N) is 7. The van der Waals surface area contributed by atoms with Crippen LogP contribution in [-0.2, 0) is 11.8 Å². The fourth-order valence-corrected chi connectivity index (χ4v) is 4.53. The second kappa shape index (κ2) is 12.9. The average molecular weight is 606 g/mol. The van der Waals surface area contributed by atoms with Gasteiger partial charge in [-0.1, -0.05) is 0 Å². The van der Waals surface area contributed by atoms with Gasteiger partial charge in [0.05, 0.1) is 41.2 Å². The zero-order valence-corrected chi connectivity index (χ0v) is 25.6. The van der Waals surface area contributed by atoms with Crippen molar-refractivity contribution in [2.45, 2.75) is 20.0 Å². The number of nitro groups is 1. The van der Waals surface area contributed by atoms with Gasteiger partial charge >= 0.3 is 5.97 Å². The molecule has 2 aromatic carbocycles. The lowest BCUT2D eigenvalue weighted by Crippen LogP contribution is -2.29. The number of rotatable bonds is 12. The zero-order chi connectivity index (χ0) is 32.3. The van der Waals surface area contributed by atoms with Gasteiger partial charge in [0.25, 0.3) is 5.69 Å². The Labute approximate surface area is 253 Å². The summed E-state index contributed by atoms with van der Waals surface area (Å²) in [7, 11) is 8.76. The first-order valence-corrected chi connectivity index (χ1v) is 13.6. The molecule has 0 saturated heterocycles. The average Bonchev–Trinajstić information content (AvgIpc) is 3.35. The summed E-state index contributed by atoms with van der Waals surface area (Å²) >= 11 is 0. The highest BCUT2D eigenvalue weighted by molar-refractivity contribution is 6.06. The number of hydrogen-bond acceptors (Lipinski definition) is 12. The Kier molecular flexibility index (Phi) is 9.28. The van der Waals surface area contributed by atoms with E-state index in [0.29, 0.717) is 41.0 Å². The number of nitro benzene ring substituents is 1. The Morgan fingerprint density at radius 2 is 1.86 bits per heavy atom. The van der Waals surface area contributed by atoms with Crippen molar-refractivity contribution in [1.82, 2.24) is 24.6 Å². The van der Waals surface area contributed by atoms with Crippen molar-refractivity contribution in [2.75, 3.05) is 51.6 Å². The van der Waals surface area contributed by atoms with E-state index >= 15 is 0 Å². The summed E-state index contributed by atoms with van der Waals surface area (Å²) in [6.45, 7) is 4.64. The number of aryl methyl sites for hydroxylation is 1. The monoisotopic (exact) mass is 605 g/mol. The van der Waals surface area contributed by atoms with E-state index in [-0.39, 0.29) is 34.1 Å². The number of likely N-dealkylation sites (N-methyl/N-ethyl adjacent to an activating group) is 2. The number of ether oxygens (including phenoxy) is 2. The fourth-order valence-electron chi connectivity index (χ4n) is 4.53. The molecule has 0 saturated carbocycles. The number of aromatic nitrogens is 4. The third-order valence-corrected chi connectivity index (χ3v) is 6.79. The first-order chi connectivity index (χ1) is 20.8. The van der Waals surface area contributed by atoms with E-state index in [4.69, 9.17) is 15.2 Å². The molecule has 0 aliphatic carbocycles. The summed E-state index contributed by atoms with van der Waals surface area (Å²) in [6, 6.07) is 6.04. The Hall–Kier alpha value is -5.31. The third-order valence-electron chi connectivity index (χ3n) is 6.79. The molecule has 0 bridgehead atoms. The lowest BCUT2D eigenvalue weighted by molar-refractivity contribution is -0.384. The predicted molar refractivity (Wildman–Crippen MR) is 166 cm³/mol. The quantitative estimate of drug-likeness (QED) is 0.137. The zero-order valence-electron chi connectivity index (χ0n) is 25.6. The highest BCUT2D eigenvalue weighted by Crippen LogP contribution is 2.39. The molecule has 44 heavy (non-hydrogen) atoms. The normalized spacial score (nSPS) is 11.2. The van der Waals surface area contributed by atoms with Crippen LogP contribution < -0.4 is 20.7 Å². The molecule has 0 aliphatic heterocycles. The van der Waals surface area contributed by atoms with Crippen LogP contribution in [0.15, 0.2) is 36.7 Å². The van der Waals surface area contributed by atoms with E-state index in [1.807, 2.05) is 19.0 Å². The van der Waals surface area contributed by atoms with Crippen LogP contribution in [0.25, 0.3) is 22.2 Å². The third kappa shape index (κ3) is 6.67. The largest absolute Gasteiger partial charge is 0.494 e. The maximum absolute atomic E-state index is 13.2. The number of primary amides is 1. The lowest BCUT2D eigenvalue weighted by Gasteiger charge is -2.23. The van der Waals surface area contributed by atoms with Crippen molar-refractivity contribution >= 4 is 45.8 Å². The SMILES string of the molecule is COc1cc(N(C)CCN(C)C)c([N+](=O)[O-])cc1Nc1ncc(C(=O)OC(C)C)c(-c2cc(C(N)=O)cc3c2cnn3C)n1. The first kappa shape index (κ1) is 31.6. The van der Waals surface area contributed by atoms with E-state index in [1.54, 1.807) is 55.9 Å². The number of nitrogens with two attached hydrogens (primary N) is 1. The van der Waals surface area contributed by atoms with Crippen molar-refractivity contribution in [2.24, 2.45) is 12.8 Å². The van der Waals surface area contributed by atoms with Crippen LogP contribution in [0.1, 0.15) is 34.6 Å². The van der Waals surface area contributed by atoms with Crippen LogP contribution in [0, 0.1) is 10.1 Å². The molecule has 15 heteroatoms. The summed E-state index contributed by atoms with van der Waals surface area (Å²) in [6.07, 6.45) is 2.45. The second-order valence-electron chi connectivity index (χ2n) is 10.6. The van der Waals surface area contributed by atoms with Crippen molar-refractivity contribution in [3.8, 4) is 17.0 Å². The topological polar surface area (TPSA) is 184 Å². The molecule has 0 fully saturated rings. The number of benzene rings is 2. The first-order valence-electron chi connectivity index (χ1n) is 13.6. The summed E-state index contributed by atoms with van der Waals surface area (Å²) in [5.41, 5.74) is 7.39. The fraction of sp³-hybridized carbons (Fsp3) is 0.345. The molecular formula is C29H35N9O6. The molecule has 15 nitrogen and oxygen atoms in total. The summed E-state index contributed by atoms with van der Waals surface area (Å²) in [5.74, 6) is -1.05. The van der Waals surface area contributed by atoms with Gasteiger partial charge in [-0.05, 0) is 40.1 Å². The van der Waals surface area contributed by atoms with Crippen LogP contribution in [0.5, 0.6) is 5.75 Å². The molecule has 4 aromatic rings. The van der Waals surface area contributed by atoms with Crippen molar-refractivity contribution in [1.29, 1.82) is 0 Å². The number of carbonyl (C=O) groups excluding carboxylic acids is 2. The van der Waals surface area contributed by atoms with Gasteiger partial charge in [0, 0.05) is 62.0 Å².